The van der Waals surface area contributed by atoms with Crippen molar-refractivity contribution in [2.24, 2.45) is 0 Å². The van der Waals surface area contributed by atoms with Crippen LogP contribution in [-0.2, 0) is 11.2 Å². The van der Waals surface area contributed by atoms with Crippen molar-refractivity contribution in [1.29, 1.82) is 0 Å². The van der Waals surface area contributed by atoms with Crippen LogP contribution in [0.3, 0.4) is 0 Å². The molecule has 0 spiro atoms. The van der Waals surface area contributed by atoms with Gasteiger partial charge in [0.05, 0.1) is 12.0 Å². The molecule has 1 fully saturated rings. The molecule has 0 aromatic heterocycles. The summed E-state index contributed by atoms with van der Waals surface area (Å²) in [6.45, 7) is 1.49. The molecular formula is C21H25N3O3. The van der Waals surface area contributed by atoms with E-state index in [1.165, 1.54) is 0 Å². The third kappa shape index (κ3) is 4.93. The van der Waals surface area contributed by atoms with Crippen LogP contribution in [0.1, 0.15) is 22.3 Å². The maximum atomic E-state index is 12.4. The van der Waals surface area contributed by atoms with E-state index >= 15 is 0 Å². The summed E-state index contributed by atoms with van der Waals surface area (Å²) in [7, 11) is 1.62. The van der Waals surface area contributed by atoms with Gasteiger partial charge in [0.25, 0.3) is 5.91 Å². The first-order chi connectivity index (χ1) is 13.0. The number of amides is 2. The van der Waals surface area contributed by atoms with E-state index in [1.807, 2.05) is 42.5 Å². The smallest absolute Gasteiger partial charge is 0.251 e. The van der Waals surface area contributed by atoms with Crippen molar-refractivity contribution in [2.45, 2.75) is 18.4 Å². The number of likely N-dealkylation sites (N-methyl/N-ethyl adjacent to an activating group) is 1. The Labute approximate surface area is 159 Å². The number of carbonyl (C=O) groups is 2. The molecule has 0 bridgehead atoms. The van der Waals surface area contributed by atoms with Crippen molar-refractivity contribution in [2.75, 3.05) is 26.7 Å². The molecule has 1 heterocycles. The van der Waals surface area contributed by atoms with Crippen LogP contribution in [0.15, 0.2) is 48.5 Å². The van der Waals surface area contributed by atoms with E-state index in [2.05, 4.69) is 16.0 Å². The van der Waals surface area contributed by atoms with Crippen LogP contribution in [0.4, 0.5) is 0 Å². The fourth-order valence-electron chi connectivity index (χ4n) is 3.16. The quantitative estimate of drug-likeness (QED) is 0.615. The lowest BCUT2D eigenvalue weighted by atomic mass is 10.00. The molecule has 0 radical (unpaired) electrons. The number of hydrogen-bond donors (Lipinski definition) is 4. The van der Waals surface area contributed by atoms with Gasteiger partial charge >= 0.3 is 0 Å². The summed E-state index contributed by atoms with van der Waals surface area (Å²) in [5.41, 5.74) is 2.52. The largest absolute Gasteiger partial charge is 0.387 e. The predicted octanol–water partition coefficient (Wildman–Crippen LogP) is 1.10. The second-order valence-electron chi connectivity index (χ2n) is 6.96. The minimum Gasteiger partial charge on any atom is -0.387 e. The average Bonchev–Trinajstić information content (AvgIpc) is 3.13. The van der Waals surface area contributed by atoms with Crippen LogP contribution in [0, 0.1) is 0 Å². The Morgan fingerprint density at radius 2 is 1.93 bits per heavy atom. The standard InChI is InChI=1S/C21H25N3O3/c1-22-19(25)11-15-5-7-16(8-6-15)17-3-2-4-18(12-17)20(26)24-14-21(27)9-10-23-13-21/h2-8,12,23,27H,9-11,13-14H2,1H3,(H,22,25)(H,24,26)/t21-/m1/s1. The minimum atomic E-state index is -0.867. The molecular weight excluding hydrogens is 342 g/mol. The molecule has 4 N–H and O–H groups in total. The van der Waals surface area contributed by atoms with Gasteiger partial charge in [-0.05, 0) is 41.8 Å². The molecule has 2 aromatic carbocycles. The van der Waals surface area contributed by atoms with Gasteiger partial charge in [0.2, 0.25) is 5.91 Å². The fraction of sp³-hybridized carbons (Fsp3) is 0.333. The molecule has 142 valence electrons. The van der Waals surface area contributed by atoms with Gasteiger partial charge in [0.15, 0.2) is 0 Å². The monoisotopic (exact) mass is 367 g/mol. The zero-order chi connectivity index (χ0) is 19.3. The van der Waals surface area contributed by atoms with Gasteiger partial charge in [0.1, 0.15) is 0 Å². The van der Waals surface area contributed by atoms with E-state index in [1.54, 1.807) is 13.1 Å². The molecule has 27 heavy (non-hydrogen) atoms. The average molecular weight is 367 g/mol. The van der Waals surface area contributed by atoms with Crippen LogP contribution < -0.4 is 16.0 Å². The summed E-state index contributed by atoms with van der Waals surface area (Å²) >= 11 is 0. The molecule has 6 nitrogen and oxygen atoms in total. The number of carbonyl (C=O) groups excluding carboxylic acids is 2. The van der Waals surface area contributed by atoms with Gasteiger partial charge in [-0.25, -0.2) is 0 Å². The maximum absolute atomic E-state index is 12.4. The molecule has 0 unspecified atom stereocenters. The lowest BCUT2D eigenvalue weighted by Gasteiger charge is -2.21. The van der Waals surface area contributed by atoms with Gasteiger partial charge in [-0.2, -0.15) is 0 Å². The number of nitrogens with one attached hydrogen (secondary N) is 3. The van der Waals surface area contributed by atoms with E-state index in [0.717, 1.165) is 23.2 Å². The molecule has 6 heteroatoms. The van der Waals surface area contributed by atoms with E-state index in [9.17, 15) is 14.7 Å². The normalized spacial score (nSPS) is 18.9. The van der Waals surface area contributed by atoms with Gasteiger partial charge in [-0.1, -0.05) is 36.4 Å². The second-order valence-corrected chi connectivity index (χ2v) is 6.96. The molecule has 1 aliphatic rings. The van der Waals surface area contributed by atoms with Gasteiger partial charge < -0.3 is 21.1 Å². The van der Waals surface area contributed by atoms with E-state index in [0.29, 0.717) is 24.9 Å². The summed E-state index contributed by atoms with van der Waals surface area (Å²) in [5, 5.41) is 18.9. The maximum Gasteiger partial charge on any atom is 0.251 e. The van der Waals surface area contributed by atoms with Gasteiger partial charge in [0, 0.05) is 25.7 Å². The molecule has 1 saturated heterocycles. The van der Waals surface area contributed by atoms with Crippen molar-refractivity contribution in [1.82, 2.24) is 16.0 Å². The SMILES string of the molecule is CNC(=O)Cc1ccc(-c2cccc(C(=O)NC[C@@]3(O)CCNC3)c2)cc1. The summed E-state index contributed by atoms with van der Waals surface area (Å²) in [6.07, 6.45) is 0.979. The highest BCUT2D eigenvalue weighted by molar-refractivity contribution is 5.95. The zero-order valence-electron chi connectivity index (χ0n) is 15.4. The molecule has 3 rings (SSSR count). The summed E-state index contributed by atoms with van der Waals surface area (Å²) < 4.78 is 0. The predicted molar refractivity (Wildman–Crippen MR) is 104 cm³/mol. The number of rotatable bonds is 6. The zero-order valence-corrected chi connectivity index (χ0v) is 15.4. The fourth-order valence-corrected chi connectivity index (χ4v) is 3.16. The lowest BCUT2D eigenvalue weighted by molar-refractivity contribution is -0.119. The Morgan fingerprint density at radius 1 is 1.15 bits per heavy atom. The first-order valence-electron chi connectivity index (χ1n) is 9.10. The summed E-state index contributed by atoms with van der Waals surface area (Å²) in [5.74, 6) is -0.228. The third-order valence-corrected chi connectivity index (χ3v) is 4.85. The van der Waals surface area contributed by atoms with Crippen molar-refractivity contribution >= 4 is 11.8 Å². The van der Waals surface area contributed by atoms with Crippen molar-refractivity contribution in [3.05, 3.63) is 59.7 Å². The Balaban J connectivity index is 1.67. The van der Waals surface area contributed by atoms with Crippen LogP contribution >= 0.6 is 0 Å². The molecule has 0 saturated carbocycles. The number of benzene rings is 2. The van der Waals surface area contributed by atoms with Crippen molar-refractivity contribution in [3.63, 3.8) is 0 Å². The minimum absolute atomic E-state index is 0.0273. The Morgan fingerprint density at radius 3 is 2.59 bits per heavy atom. The molecule has 1 atom stereocenters. The Bertz CT molecular complexity index is 812. The van der Waals surface area contributed by atoms with Crippen LogP contribution in [-0.4, -0.2) is 49.2 Å². The first-order valence-corrected chi connectivity index (χ1v) is 9.10. The molecule has 0 aliphatic carbocycles. The van der Waals surface area contributed by atoms with E-state index in [4.69, 9.17) is 0 Å². The van der Waals surface area contributed by atoms with Crippen LogP contribution in [0.5, 0.6) is 0 Å². The third-order valence-electron chi connectivity index (χ3n) is 4.85. The highest BCUT2D eigenvalue weighted by Crippen LogP contribution is 2.21. The summed E-state index contributed by atoms with van der Waals surface area (Å²) in [6, 6.07) is 15.1. The van der Waals surface area contributed by atoms with Crippen molar-refractivity contribution < 1.29 is 14.7 Å². The van der Waals surface area contributed by atoms with Gasteiger partial charge in [-0.15, -0.1) is 0 Å². The van der Waals surface area contributed by atoms with E-state index < -0.39 is 5.60 Å². The van der Waals surface area contributed by atoms with Crippen LogP contribution in [0.2, 0.25) is 0 Å². The highest BCUT2D eigenvalue weighted by atomic mass is 16.3. The van der Waals surface area contributed by atoms with Crippen molar-refractivity contribution in [3.8, 4) is 11.1 Å². The number of aliphatic hydroxyl groups is 1. The second kappa shape index (κ2) is 8.33. The number of hydrogen-bond acceptors (Lipinski definition) is 4. The molecule has 2 amide bonds. The Hall–Kier alpha value is -2.70. The Kier molecular flexibility index (Phi) is 5.88. The highest BCUT2D eigenvalue weighted by Gasteiger charge is 2.31. The summed E-state index contributed by atoms with van der Waals surface area (Å²) in [4.78, 5) is 23.9. The van der Waals surface area contributed by atoms with Gasteiger partial charge in [-0.3, -0.25) is 9.59 Å². The topological polar surface area (TPSA) is 90.5 Å². The number of β-amino-alcohol motifs (C(OH)–C–C–N with tert-alkyl or cyclic N) is 1. The first kappa shape index (κ1) is 19.1. The van der Waals surface area contributed by atoms with E-state index in [-0.39, 0.29) is 18.4 Å². The molecule has 2 aromatic rings. The van der Waals surface area contributed by atoms with Crippen LogP contribution in [0.25, 0.3) is 11.1 Å². The molecule has 1 aliphatic heterocycles. The lowest BCUT2D eigenvalue weighted by Crippen LogP contribution is -2.44.